The molecular weight excluding hydrogens is 1490 g/mol. The number of benzene rings is 1. The lowest BCUT2D eigenvalue weighted by Gasteiger charge is -2.31. The highest BCUT2D eigenvalue weighted by atomic mass is 31.2. The standard InChI is InChI=1S/C45H53N20O20P3.3C6H15N/c46-35-25-39(54-12-50-35)62(16-58-25)20-76-6-7-77-86(70,71)83-33-30(68)23(81-44(33)63-17-59-26-36(47)51-13-55-40(26)63)10-79-88(74,75)85-34-31(69)24(82-45(34)64-18-60-27-37(48)52-14-56-41(27)64)11-78-87(72,73)84-32-29(67)22(9-66)80-43(32)65-19-61-28-38(53-15-57-42(28)65)49-8-21-4-2-1-3-5-21;3*1-4-7(5-2)6-3/h1-5,12-19,22-24,29-34,43-45,66-69H,6-11,20H2,(H,70,71)(H,72,73)(H,74,75)(H2,46,50,54)(H2,47,51,55)(H2,48,52,56)(H,49,53,57);3*4-6H2,1-3H3/t22-,23-,24-,29-,30-,31-,32-,33-,34-,43-,44-,45-;;;/m1.../s1. The van der Waals surface area contributed by atoms with Gasteiger partial charge >= 0.3 is 0 Å². The van der Waals surface area contributed by atoms with Crippen molar-refractivity contribution < 1.29 is 110 Å². The molecule has 43 nitrogen and oxygen atoms in total. The van der Waals surface area contributed by atoms with Crippen LogP contribution in [0.3, 0.4) is 0 Å². The summed E-state index contributed by atoms with van der Waals surface area (Å²) in [6.45, 7) is 27.7. The number of aliphatic hydroxyl groups is 4. The minimum atomic E-state index is -5.80. The van der Waals surface area contributed by atoms with E-state index >= 15 is 0 Å². The van der Waals surface area contributed by atoms with Crippen LogP contribution < -0.4 is 51.9 Å². The molecule has 15 atom stereocenters. The molecule has 9 aromatic rings. The number of anilines is 4. The highest BCUT2D eigenvalue weighted by molar-refractivity contribution is 7.46. The predicted octanol–water partition coefficient (Wildman–Crippen LogP) is -3.15. The van der Waals surface area contributed by atoms with Gasteiger partial charge in [-0.1, -0.05) is 30.3 Å². The normalized spacial score (nSPS) is 23.7. The highest BCUT2D eigenvalue weighted by Crippen LogP contribution is 2.51. The first-order valence-electron chi connectivity index (χ1n) is 35.7. The zero-order valence-electron chi connectivity index (χ0n) is 61.8. The smallest absolute Gasteiger partial charge is 0.268 e. The van der Waals surface area contributed by atoms with Gasteiger partial charge in [0.1, 0.15) is 104 Å². The number of ether oxygens (including phenoxy) is 4. The summed E-state index contributed by atoms with van der Waals surface area (Å²) in [4.78, 5) is 95.6. The van der Waals surface area contributed by atoms with Crippen LogP contribution in [0.25, 0.3) is 44.7 Å². The second-order valence-electron chi connectivity index (χ2n) is 25.0. The fourth-order valence-corrected chi connectivity index (χ4v) is 14.9. The van der Waals surface area contributed by atoms with Crippen LogP contribution in [0, 0.1) is 0 Å². The van der Waals surface area contributed by atoms with Crippen molar-refractivity contribution in [2.24, 2.45) is 0 Å². The lowest BCUT2D eigenvalue weighted by atomic mass is 10.1. The molecule has 3 aliphatic rings. The number of aromatic nitrogens is 16. The lowest BCUT2D eigenvalue weighted by molar-refractivity contribution is -0.894. The van der Waals surface area contributed by atoms with E-state index in [0.717, 1.165) is 40.0 Å². The van der Waals surface area contributed by atoms with Crippen molar-refractivity contribution in [2.45, 2.75) is 149 Å². The summed E-state index contributed by atoms with van der Waals surface area (Å²) in [5.74, 6) is 0.214. The quantitative estimate of drug-likeness (QED) is 0.0140. The summed E-state index contributed by atoms with van der Waals surface area (Å²) in [5, 5.41) is 48.0. The SMILES string of the molecule is CC[NH+](CC)CC.CC[NH+](CC)CC.CC[NH+](CC)CC.Nc1ncnc2c1ncn2COCCOP(=O)([O-])O[C@@H]1[C@H](O)[C@@H](COP(=O)([O-])O[C@@H]2[C@H](O)[C@@H](COP(=O)([O-])O[C@@H]3[C@H](O)[C@@H](CO)O[C@H]3n3cnc4c(NCc5ccccc5)ncnc43)O[C@H]2n2cnc3c(N)ncnc32)O[C@H]1n1cnc2c(N)ncnc21. The molecule has 3 unspecified atom stereocenters. The molecule has 0 amide bonds. The van der Waals surface area contributed by atoms with Gasteiger partial charge in [-0.15, -0.1) is 0 Å². The number of phosphoric acid groups is 3. The van der Waals surface area contributed by atoms with Crippen molar-refractivity contribution in [3.8, 4) is 0 Å². The van der Waals surface area contributed by atoms with E-state index in [4.69, 9.17) is 63.3 Å². The van der Waals surface area contributed by atoms with Crippen LogP contribution in [0.5, 0.6) is 0 Å². The maximum Gasteiger partial charge on any atom is 0.268 e. The van der Waals surface area contributed by atoms with Crippen molar-refractivity contribution in [1.82, 2.24) is 78.1 Å². The third-order valence-electron chi connectivity index (χ3n) is 18.6. The molecule has 11 heterocycles. The van der Waals surface area contributed by atoms with Crippen molar-refractivity contribution >= 4 is 91.4 Å². The molecule has 1 aromatic carbocycles. The van der Waals surface area contributed by atoms with Gasteiger partial charge < -0.3 is 118 Å². The van der Waals surface area contributed by atoms with Gasteiger partial charge in [0.15, 0.2) is 70.1 Å². The van der Waals surface area contributed by atoms with E-state index in [9.17, 15) is 48.8 Å². The molecule has 3 fully saturated rings. The zero-order chi connectivity index (χ0) is 78.7. The van der Waals surface area contributed by atoms with Gasteiger partial charge in [-0.25, -0.2) is 59.8 Å². The minimum absolute atomic E-state index is 0.00977. The zero-order valence-corrected chi connectivity index (χ0v) is 64.5. The van der Waals surface area contributed by atoms with Gasteiger partial charge in [0.25, 0.3) is 23.5 Å². The number of nitrogens with zero attached hydrogens (tertiary/aromatic N) is 16. The molecule has 46 heteroatoms. The third-order valence-corrected chi connectivity index (χ3v) is 21.5. The van der Waals surface area contributed by atoms with Crippen molar-refractivity contribution in [3.05, 3.63) is 86.5 Å². The monoisotopic (exact) mass is 1590 g/mol. The number of phosphoric ester groups is 3. The van der Waals surface area contributed by atoms with Gasteiger partial charge in [-0.2, -0.15) is 0 Å². The molecule has 3 aliphatic heterocycles. The summed E-state index contributed by atoms with van der Waals surface area (Å²) in [6.07, 6.45) is -12.4. The van der Waals surface area contributed by atoms with Gasteiger partial charge in [0.05, 0.1) is 117 Å². The van der Waals surface area contributed by atoms with Gasteiger partial charge in [0, 0.05) is 6.54 Å². The number of hydrogen-bond donors (Lipinski definition) is 11. The summed E-state index contributed by atoms with van der Waals surface area (Å²) in [5.41, 5.74) is 19.7. The summed E-state index contributed by atoms with van der Waals surface area (Å²) >= 11 is 0. The molecule has 0 bridgehead atoms. The maximum absolute atomic E-state index is 14.0. The van der Waals surface area contributed by atoms with Crippen molar-refractivity contribution in [3.63, 3.8) is 0 Å². The number of nitrogens with two attached hydrogens (primary N) is 3. The lowest BCUT2D eigenvalue weighted by Crippen LogP contribution is -3.11. The fourth-order valence-electron chi connectivity index (χ4n) is 12.1. The largest absolute Gasteiger partial charge is 0.756 e. The average Bonchev–Trinajstić information content (AvgIpc) is 1.62. The summed E-state index contributed by atoms with van der Waals surface area (Å²) in [6, 6.07) is 9.36. The molecule has 0 spiro atoms. The minimum Gasteiger partial charge on any atom is -0.756 e. The van der Waals surface area contributed by atoms with Crippen LogP contribution in [0.15, 0.2) is 81.0 Å². The topological polar surface area (TPSA) is 571 Å². The molecule has 0 aliphatic carbocycles. The Hall–Kier alpha value is -7.49. The molecule has 3 saturated heterocycles. The second kappa shape index (κ2) is 39.6. The number of imidazole rings is 4. The van der Waals surface area contributed by atoms with Crippen LogP contribution in [-0.2, 0) is 73.1 Å². The van der Waals surface area contributed by atoms with E-state index in [1.54, 1.807) is 14.7 Å². The fraction of sp³-hybridized carbons (Fsp3) is 0.587. The maximum atomic E-state index is 14.0. The van der Waals surface area contributed by atoms with Crippen LogP contribution in [0.4, 0.5) is 23.3 Å². The Bertz CT molecular complexity index is 4420. The van der Waals surface area contributed by atoms with Crippen molar-refractivity contribution in [2.75, 3.05) is 114 Å². The summed E-state index contributed by atoms with van der Waals surface area (Å²) in [7, 11) is -16.9. The van der Waals surface area contributed by atoms with Crippen LogP contribution in [0.1, 0.15) is 86.6 Å². The molecule has 14 N–H and O–H groups in total. The number of hydrogen-bond acceptors (Lipinski definition) is 36. The molecular formula is C63H98N23O20P3. The number of nitrogens with one attached hydrogen (secondary N) is 4. The van der Waals surface area contributed by atoms with Gasteiger partial charge in [-0.05, 0) is 67.9 Å². The first-order valence-corrected chi connectivity index (χ1v) is 40.0. The van der Waals surface area contributed by atoms with Crippen LogP contribution in [0.2, 0.25) is 0 Å². The Labute approximate surface area is 626 Å². The molecule has 8 aromatic heterocycles. The molecule has 12 rings (SSSR count). The Morgan fingerprint density at radius 3 is 1.24 bits per heavy atom. The number of aliphatic hydroxyl groups excluding tert-OH is 4. The second-order valence-corrected chi connectivity index (χ2v) is 29.1. The van der Waals surface area contributed by atoms with Crippen LogP contribution in [-0.4, -0.2) is 245 Å². The van der Waals surface area contributed by atoms with E-state index < -0.39 is 124 Å². The average molecular weight is 1590 g/mol. The van der Waals surface area contributed by atoms with E-state index in [-0.39, 0.29) is 64.3 Å². The molecule has 600 valence electrons. The number of rotatable bonds is 34. The Morgan fingerprint density at radius 1 is 0.468 bits per heavy atom. The Balaban J connectivity index is 0.000000572. The Kier molecular flexibility index (Phi) is 31.1. The number of nitrogen functional groups attached to an aromatic ring is 3. The van der Waals surface area contributed by atoms with Gasteiger partial charge in [0.2, 0.25) is 0 Å². The highest BCUT2D eigenvalue weighted by Gasteiger charge is 2.52. The first kappa shape index (κ1) is 85.5. The van der Waals surface area contributed by atoms with E-state index in [1.165, 1.54) is 93.3 Å². The molecule has 109 heavy (non-hydrogen) atoms. The Morgan fingerprint density at radius 2 is 0.826 bits per heavy atom. The molecule has 0 saturated carbocycles. The number of fused-ring (bicyclic) bond motifs is 4. The van der Waals surface area contributed by atoms with E-state index in [0.29, 0.717) is 23.5 Å². The van der Waals surface area contributed by atoms with Crippen molar-refractivity contribution in [1.29, 1.82) is 0 Å². The number of quaternary nitrogens is 3. The first-order chi connectivity index (χ1) is 52.3. The van der Waals surface area contributed by atoms with Gasteiger partial charge in [-0.3, -0.25) is 32.0 Å². The van der Waals surface area contributed by atoms with Crippen LogP contribution >= 0.6 is 23.5 Å². The summed E-state index contributed by atoms with van der Waals surface area (Å²) < 4.78 is 101. The molecule has 0 radical (unpaired) electrons. The predicted molar refractivity (Wildman–Crippen MR) is 384 cm³/mol. The third kappa shape index (κ3) is 21.4. The van der Waals surface area contributed by atoms with E-state index in [2.05, 4.69) is 127 Å². The van der Waals surface area contributed by atoms with E-state index in [1.807, 2.05) is 30.3 Å².